The number of carbonyl (C=O) groups is 2. The average Bonchev–Trinajstić information content (AvgIpc) is 2.60. The van der Waals surface area contributed by atoms with Gasteiger partial charge in [-0.3, -0.25) is 14.5 Å². The molecule has 0 spiro atoms. The number of amides is 3. The number of hydrogen-bond donors (Lipinski definition) is 2. The van der Waals surface area contributed by atoms with Crippen molar-refractivity contribution in [3.05, 3.63) is 21.7 Å². The summed E-state index contributed by atoms with van der Waals surface area (Å²) < 4.78 is 0. The van der Waals surface area contributed by atoms with Crippen LogP contribution in [0.4, 0.5) is 10.6 Å². The first kappa shape index (κ1) is 16.5. The van der Waals surface area contributed by atoms with Gasteiger partial charge in [0.2, 0.25) is 5.82 Å². The number of nitrogens with one attached hydrogen (secondary N) is 2. The third-order valence-corrected chi connectivity index (χ3v) is 4.68. The van der Waals surface area contributed by atoms with Gasteiger partial charge in [-0.2, -0.15) is 0 Å². The van der Waals surface area contributed by atoms with Gasteiger partial charge in [-0.25, -0.2) is 9.78 Å². The smallest absolute Gasteiger partial charge is 0.326 e. The van der Waals surface area contributed by atoms with E-state index in [-0.39, 0.29) is 23.5 Å². The first-order valence-electron chi connectivity index (χ1n) is 8.53. The maximum Gasteiger partial charge on any atom is 0.326 e. The van der Waals surface area contributed by atoms with Crippen molar-refractivity contribution in [3.63, 3.8) is 0 Å². The van der Waals surface area contributed by atoms with Crippen LogP contribution in [0.1, 0.15) is 61.3 Å². The monoisotopic (exact) mass is 333 g/mol. The fraction of sp³-hybridized carbons (Fsp3) is 0.625. The Morgan fingerprint density at radius 3 is 2.88 bits per heavy atom. The van der Waals surface area contributed by atoms with Crippen LogP contribution in [0.15, 0.2) is 4.79 Å². The molecular formula is C16H23N5O3. The van der Waals surface area contributed by atoms with Crippen molar-refractivity contribution in [2.75, 3.05) is 25.0 Å². The van der Waals surface area contributed by atoms with Gasteiger partial charge in [-0.05, 0) is 25.7 Å². The summed E-state index contributed by atoms with van der Waals surface area (Å²) in [5, 5.41) is 2.46. The van der Waals surface area contributed by atoms with Crippen LogP contribution in [-0.2, 0) is 0 Å². The van der Waals surface area contributed by atoms with Gasteiger partial charge in [0, 0.05) is 20.1 Å². The summed E-state index contributed by atoms with van der Waals surface area (Å²) in [7, 11) is 1.48. The number of aromatic amines is 1. The molecule has 130 valence electrons. The lowest BCUT2D eigenvalue weighted by Gasteiger charge is -2.43. The number of hydrogen-bond acceptors (Lipinski definition) is 4. The number of rotatable bonds is 4. The topological polar surface area (TPSA) is 98.4 Å². The van der Waals surface area contributed by atoms with Crippen LogP contribution in [-0.4, -0.2) is 46.9 Å². The number of anilines is 1. The Labute approximate surface area is 140 Å². The summed E-state index contributed by atoms with van der Waals surface area (Å²) in [6, 6.07) is -0.351. The SMILES string of the molecule is CCCCN1C(=O)N2CCCCC2c2c1nc(C(=O)NC)[nH]c2=O. The zero-order valence-corrected chi connectivity index (χ0v) is 14.1. The van der Waals surface area contributed by atoms with Gasteiger partial charge >= 0.3 is 6.03 Å². The van der Waals surface area contributed by atoms with Gasteiger partial charge < -0.3 is 15.2 Å². The second-order valence-electron chi connectivity index (χ2n) is 6.22. The molecule has 0 aromatic carbocycles. The molecule has 3 heterocycles. The number of piperidine rings is 1. The van der Waals surface area contributed by atoms with E-state index < -0.39 is 5.91 Å². The molecule has 1 saturated heterocycles. The third-order valence-electron chi connectivity index (χ3n) is 4.68. The van der Waals surface area contributed by atoms with E-state index in [0.29, 0.717) is 24.5 Å². The molecule has 1 atom stereocenters. The maximum absolute atomic E-state index is 12.9. The zero-order chi connectivity index (χ0) is 17.3. The summed E-state index contributed by atoms with van der Waals surface area (Å²) in [6.07, 6.45) is 4.41. The van der Waals surface area contributed by atoms with Crippen LogP contribution >= 0.6 is 0 Å². The normalized spacial score (nSPS) is 19.8. The van der Waals surface area contributed by atoms with Crippen molar-refractivity contribution in [1.82, 2.24) is 20.2 Å². The van der Waals surface area contributed by atoms with Crippen LogP contribution in [0.25, 0.3) is 0 Å². The van der Waals surface area contributed by atoms with Crippen molar-refractivity contribution in [2.24, 2.45) is 0 Å². The largest absolute Gasteiger partial charge is 0.352 e. The van der Waals surface area contributed by atoms with Crippen molar-refractivity contribution in [1.29, 1.82) is 0 Å². The highest BCUT2D eigenvalue weighted by Gasteiger charge is 2.41. The fourth-order valence-electron chi connectivity index (χ4n) is 3.43. The van der Waals surface area contributed by atoms with Crippen LogP contribution in [0.2, 0.25) is 0 Å². The summed E-state index contributed by atoms with van der Waals surface area (Å²) in [6.45, 7) is 3.19. The van der Waals surface area contributed by atoms with Gasteiger partial charge in [-0.15, -0.1) is 0 Å². The molecular weight excluding hydrogens is 310 g/mol. The summed E-state index contributed by atoms with van der Waals surface area (Å²) in [5.74, 6) is -0.178. The molecule has 2 aliphatic rings. The molecule has 24 heavy (non-hydrogen) atoms. The lowest BCUT2D eigenvalue weighted by atomic mass is 9.94. The second-order valence-corrected chi connectivity index (χ2v) is 6.22. The molecule has 0 bridgehead atoms. The number of urea groups is 1. The van der Waals surface area contributed by atoms with Gasteiger partial charge in [0.25, 0.3) is 11.5 Å². The van der Waals surface area contributed by atoms with Crippen molar-refractivity contribution >= 4 is 17.8 Å². The predicted octanol–water partition coefficient (Wildman–Crippen LogP) is 1.40. The number of carbonyl (C=O) groups excluding carboxylic acids is 2. The van der Waals surface area contributed by atoms with E-state index >= 15 is 0 Å². The highest BCUT2D eigenvalue weighted by molar-refractivity contribution is 5.96. The Kier molecular flexibility index (Phi) is 4.55. The number of H-pyrrole nitrogens is 1. The molecule has 2 aliphatic heterocycles. The summed E-state index contributed by atoms with van der Waals surface area (Å²) >= 11 is 0. The zero-order valence-electron chi connectivity index (χ0n) is 14.1. The molecule has 1 aromatic heterocycles. The minimum Gasteiger partial charge on any atom is -0.352 e. The summed E-state index contributed by atoms with van der Waals surface area (Å²) in [5.41, 5.74) is 0.183. The van der Waals surface area contributed by atoms with Crippen LogP contribution in [0.5, 0.6) is 0 Å². The highest BCUT2D eigenvalue weighted by Crippen LogP contribution is 2.38. The van der Waals surface area contributed by atoms with E-state index in [1.807, 2.05) is 6.92 Å². The van der Waals surface area contributed by atoms with Crippen molar-refractivity contribution < 1.29 is 9.59 Å². The first-order chi connectivity index (χ1) is 11.6. The third kappa shape index (κ3) is 2.65. The van der Waals surface area contributed by atoms with E-state index in [1.165, 1.54) is 7.05 Å². The van der Waals surface area contributed by atoms with E-state index in [4.69, 9.17) is 0 Å². The molecule has 0 radical (unpaired) electrons. The van der Waals surface area contributed by atoms with Crippen molar-refractivity contribution in [3.8, 4) is 0 Å². The number of aromatic nitrogens is 2. The predicted molar refractivity (Wildman–Crippen MR) is 89.2 cm³/mol. The van der Waals surface area contributed by atoms with Gasteiger partial charge in [0.05, 0.1) is 11.6 Å². The molecule has 1 unspecified atom stereocenters. The first-order valence-corrected chi connectivity index (χ1v) is 8.53. The molecule has 1 aromatic rings. The minimum absolute atomic E-state index is 0.0557. The average molecular weight is 333 g/mol. The lowest BCUT2D eigenvalue weighted by Crippen LogP contribution is -2.54. The Bertz CT molecular complexity index is 714. The fourth-order valence-corrected chi connectivity index (χ4v) is 3.43. The molecule has 8 nitrogen and oxygen atoms in total. The lowest BCUT2D eigenvalue weighted by molar-refractivity contribution is 0.0951. The van der Waals surface area contributed by atoms with E-state index in [0.717, 1.165) is 32.1 Å². The standard InChI is InChI=1S/C16H23N5O3/c1-3-4-8-21-13-11(10-7-5-6-9-20(10)16(21)24)14(22)19-12(18-13)15(23)17-2/h10H,3-9H2,1-2H3,(H,17,23)(H,18,19,22). The van der Waals surface area contributed by atoms with E-state index in [9.17, 15) is 14.4 Å². The Hall–Kier alpha value is -2.38. The van der Waals surface area contributed by atoms with Crippen LogP contribution < -0.4 is 15.8 Å². The second kappa shape index (κ2) is 6.62. The molecule has 8 heteroatoms. The van der Waals surface area contributed by atoms with Gasteiger partial charge in [0.15, 0.2) is 0 Å². The Balaban J connectivity index is 2.14. The number of fused-ring (bicyclic) bond motifs is 3. The van der Waals surface area contributed by atoms with Gasteiger partial charge in [0.1, 0.15) is 5.82 Å². The Morgan fingerprint density at radius 1 is 1.38 bits per heavy atom. The summed E-state index contributed by atoms with van der Waals surface area (Å²) in [4.78, 5) is 47.6. The van der Waals surface area contributed by atoms with E-state index in [1.54, 1.807) is 9.80 Å². The van der Waals surface area contributed by atoms with E-state index in [2.05, 4.69) is 15.3 Å². The minimum atomic E-state index is -0.469. The molecule has 2 N–H and O–H groups in total. The Morgan fingerprint density at radius 2 is 2.17 bits per heavy atom. The molecule has 3 rings (SSSR count). The molecule has 1 fully saturated rings. The molecule has 0 aliphatic carbocycles. The maximum atomic E-state index is 12.9. The number of nitrogens with zero attached hydrogens (tertiary/aromatic N) is 3. The van der Waals surface area contributed by atoms with Crippen molar-refractivity contribution in [2.45, 2.75) is 45.1 Å². The number of unbranched alkanes of at least 4 members (excludes halogenated alkanes) is 1. The molecule has 0 saturated carbocycles. The highest BCUT2D eigenvalue weighted by atomic mass is 16.2. The van der Waals surface area contributed by atoms with Gasteiger partial charge in [-0.1, -0.05) is 13.3 Å². The van der Waals surface area contributed by atoms with Crippen LogP contribution in [0, 0.1) is 0 Å². The quantitative estimate of drug-likeness (QED) is 0.870. The molecule has 3 amide bonds. The van der Waals surface area contributed by atoms with Crippen LogP contribution in [0.3, 0.4) is 0 Å².